The number of hydrogen-bond acceptors (Lipinski definition) is 21. The monoisotopic (exact) mass is 2100 g/mol. The number of aromatic amines is 9. The summed E-state index contributed by atoms with van der Waals surface area (Å²) >= 11 is 6.68. The molecule has 8 aliphatic carbocycles. The summed E-state index contributed by atoms with van der Waals surface area (Å²) in [4.78, 5) is 101. The zero-order chi connectivity index (χ0) is 103. The van der Waals surface area contributed by atoms with Crippen LogP contribution in [0.3, 0.4) is 0 Å². The summed E-state index contributed by atoms with van der Waals surface area (Å²) in [6, 6.07) is 67.4. The Balaban J connectivity index is 0.000000111. The molecule has 8 fully saturated rings. The molecule has 5 aromatic carbocycles. The van der Waals surface area contributed by atoms with Gasteiger partial charge < -0.3 is 62.1 Å². The highest BCUT2D eigenvalue weighted by Crippen LogP contribution is 2.36. The van der Waals surface area contributed by atoms with Crippen LogP contribution in [0.5, 0.6) is 11.5 Å². The van der Waals surface area contributed by atoms with Gasteiger partial charge in [-0.2, -0.15) is 40.8 Å². The molecule has 0 radical (unpaired) electrons. The third kappa shape index (κ3) is 29.2. The van der Waals surface area contributed by atoms with Crippen LogP contribution in [0.25, 0.3) is 100 Å². The average Bonchev–Trinajstić information content (AvgIpc) is 1.65. The first-order chi connectivity index (χ1) is 71.9. The first-order valence-electron chi connectivity index (χ1n) is 49.4. The Hall–Kier alpha value is -16.5. The molecule has 0 bridgehead atoms. The minimum Gasteiger partial charge on any atom is -0.507 e. The van der Waals surface area contributed by atoms with Crippen molar-refractivity contribution in [2.75, 3.05) is 0 Å². The molecule has 0 saturated heterocycles. The van der Waals surface area contributed by atoms with E-state index in [1.807, 2.05) is 110 Å². The quantitative estimate of drug-likeness (QED) is 0.0216. The highest BCUT2D eigenvalue weighted by atomic mass is 79.9. The van der Waals surface area contributed by atoms with E-state index in [-0.39, 0.29) is 64.6 Å². The van der Waals surface area contributed by atoms with Crippen molar-refractivity contribution in [1.82, 2.24) is 129 Å². The molecule has 0 aliphatic heterocycles. The van der Waals surface area contributed by atoms with Gasteiger partial charge >= 0.3 is 0 Å². The first-order valence-corrected chi connectivity index (χ1v) is 51.9. The molecule has 8 aliphatic rings. The molecule has 19 N–H and O–H groups in total. The van der Waals surface area contributed by atoms with E-state index in [1.165, 1.54) is 35.4 Å². The number of para-hydroxylation sites is 1. The molecule has 17 aromatic rings. The second-order valence-corrected chi connectivity index (χ2v) is 40.2. The maximum Gasteiger partial charge on any atom is 0.272 e. The van der Waals surface area contributed by atoms with Crippen molar-refractivity contribution in [1.29, 1.82) is 0 Å². The smallest absolute Gasteiger partial charge is 0.272 e. The number of thiophene rings is 2. The van der Waals surface area contributed by atoms with Crippen molar-refractivity contribution in [3.63, 3.8) is 0 Å². The van der Waals surface area contributed by atoms with Gasteiger partial charge in [-0.1, -0.05) is 92.2 Å². The number of benzene rings is 5. The largest absolute Gasteiger partial charge is 0.507 e. The number of nitrogens with one attached hydrogen (secondary N) is 17. The number of aromatic hydroxyl groups is 2. The fourth-order valence-corrected chi connectivity index (χ4v) is 17.0. The minimum atomic E-state index is -0.321. The van der Waals surface area contributed by atoms with Crippen LogP contribution >= 0.6 is 38.6 Å². The average molecular weight is 2100 g/mol. The lowest BCUT2D eigenvalue weighted by Gasteiger charge is -2.02. The van der Waals surface area contributed by atoms with Crippen LogP contribution in [0, 0.1) is 19.7 Å². The van der Waals surface area contributed by atoms with E-state index in [0.717, 1.165) is 181 Å². The second kappa shape index (κ2) is 47.6. The fourth-order valence-electron chi connectivity index (χ4n) is 14.7. The number of halogens is 2. The van der Waals surface area contributed by atoms with E-state index < -0.39 is 0 Å². The van der Waals surface area contributed by atoms with E-state index in [9.17, 15) is 53.0 Å². The third-order valence-corrected chi connectivity index (χ3v) is 27.1. The van der Waals surface area contributed by atoms with Crippen molar-refractivity contribution in [3.8, 4) is 112 Å². The Morgan fingerprint density at radius 2 is 0.777 bits per heavy atom. The van der Waals surface area contributed by atoms with E-state index in [2.05, 4.69) is 188 Å². The first kappa shape index (κ1) is 102. The molecular weight excluding hydrogens is 1990 g/mol. The van der Waals surface area contributed by atoms with Gasteiger partial charge in [0.15, 0.2) is 22.8 Å². The molecule has 0 unspecified atom stereocenters. The van der Waals surface area contributed by atoms with Gasteiger partial charge in [0.05, 0.1) is 49.6 Å². The fraction of sp³-hybridized carbons (Fsp3) is 0.278. The van der Waals surface area contributed by atoms with Crippen molar-refractivity contribution >= 4 is 85.9 Å². The molecule has 0 atom stereocenters. The van der Waals surface area contributed by atoms with Gasteiger partial charge in [0.1, 0.15) is 62.9 Å². The Kier molecular flexibility index (Phi) is 32.6. The molecule has 25 rings (SSSR count). The van der Waals surface area contributed by atoms with Crippen LogP contribution in [-0.2, 0) is 6.42 Å². The van der Waals surface area contributed by atoms with Crippen LogP contribution in [0.15, 0.2) is 233 Å². The number of hydrogen-bond donors (Lipinski definition) is 19. The SMILES string of the molecule is CCCCc1ccc(-c2cc(C(=O)NC3CC3)n[nH]2)s1.Cc1ccc(-c2cc(C(=O)NC3CC3)[nH]n2)c(O)c1.Cc1ccc(-c2cc(C(=O)NC3CC3)n[nH]2)o1.O=C(NC1CC1)c1cc(-c2ccc(-c3ccccc3)cc2)n[nH]1.O=C(NC1CC1)c1cc(-c2ccc(F)cc2Br)n[nH]1.O=C(NC1CC1)c1cc(-c2ccc[nH]2)n[nH]1.O=C(NC1CC1)c1cc(-c2ccccc2O)n[nH]1.O=C(NC1CC1)c1cc(-c2cccs2)[nH]n1. The van der Waals surface area contributed by atoms with Crippen molar-refractivity contribution in [2.45, 2.75) is 191 Å². The number of H-pyrrole nitrogens is 9. The number of aromatic nitrogens is 17. The highest BCUT2D eigenvalue weighted by molar-refractivity contribution is 9.10. The Morgan fingerprint density at radius 1 is 0.365 bits per heavy atom. The van der Waals surface area contributed by atoms with E-state index >= 15 is 0 Å². The number of carbonyl (C=O) groups excluding carboxylic acids is 8. The predicted molar refractivity (Wildman–Crippen MR) is 563 cm³/mol. The molecule has 8 amide bonds. The van der Waals surface area contributed by atoms with Gasteiger partial charge in [-0.15, -0.1) is 22.7 Å². The lowest BCUT2D eigenvalue weighted by molar-refractivity contribution is 0.0937. The lowest BCUT2D eigenvalue weighted by atomic mass is 10.0. The zero-order valence-corrected chi connectivity index (χ0v) is 84.4. The summed E-state index contributed by atoms with van der Waals surface area (Å²) < 4.78 is 19.1. The molecule has 12 heterocycles. The van der Waals surface area contributed by atoms with Gasteiger partial charge in [0.2, 0.25) is 0 Å². The van der Waals surface area contributed by atoms with Gasteiger partial charge in [-0.25, -0.2) is 4.39 Å². The van der Waals surface area contributed by atoms with E-state index in [0.29, 0.717) is 132 Å². The predicted octanol–water partition coefficient (Wildman–Crippen LogP) is 18.7. The maximum atomic E-state index is 13.0. The van der Waals surface area contributed by atoms with Crippen molar-refractivity contribution < 1.29 is 57.4 Å². The molecule has 36 nitrogen and oxygen atoms in total. The van der Waals surface area contributed by atoms with Crippen LogP contribution in [-0.4, -0.2) is 192 Å². The highest BCUT2D eigenvalue weighted by Gasteiger charge is 2.33. The summed E-state index contributed by atoms with van der Waals surface area (Å²) in [5.74, 6) is 0.646. The molecule has 0 spiro atoms. The Bertz CT molecular complexity index is 7220. The lowest BCUT2D eigenvalue weighted by Crippen LogP contribution is -2.25. The summed E-state index contributed by atoms with van der Waals surface area (Å²) in [6.07, 6.45) is 22.5. The number of rotatable bonds is 28. The number of phenols is 2. The molecule has 8 saturated carbocycles. The normalized spacial score (nSPS) is 14.5. The summed E-state index contributed by atoms with van der Waals surface area (Å²) in [5, 5.41) is 99.9. The zero-order valence-electron chi connectivity index (χ0n) is 81.1. The standard InChI is InChI=1S/C19H17N3O.C15H19N3OS.C14H15N3O2.C13H11BrFN3O.C13H13N3O2.C12H13N3O2.C11H12N4O.C11H11N3OS/c23-19(20-16-10-11-16)18-12-17(21-22-18)15-8-6-14(7-9-15)13-4-2-1-3-5-13;1-2-3-4-11-7-8-14(20-11)12-9-13(18-17-12)15(19)16-10-5-6-10;1-8-2-5-10(13(18)6-8)11-7-12(17-16-11)14(19)15-9-3-4-9;14-10-5-7(15)1-4-9(10)11-6-12(18-17-11)13(19)16-8-2-3-8;17-12-4-2-1-3-9(12)10-7-11(16-15-10)13(18)14-8-5-6-8;1-7-2-5-11(17-7)9-6-10(15-14-9)12(16)13-8-3-4-8;16-11(13-7-3-4-7)10-6-9(14-15-10)8-2-1-5-12-8;15-11(12-7-3-4-7)9-6-8(13-14-9)10-2-1-5-16-10/h1-9,12,16H,10-11H2,(H,20,23)(H,21,22);7-10H,2-6H2,1H3,(H,16,19)(H,17,18);2,5-7,9,18H,3-4H2,1H3,(H,15,19)(H,16,17);1,4-6,8H,2-3H2,(H,16,19)(H,17,18);1-4,7-8,17H,5-6H2,(H,14,18)(H,15,16);2,5-6,8H,3-4H2,1H3,(H,13,16)(H,14,15);1-2,5-7,12H,3-4H2,(H,13,16)(H,14,15);1-2,5-7H,3-4H2,(H,12,15)(H,13,14). The number of phenolic OH excluding ortho intramolecular Hbond substituents is 2. The van der Waals surface area contributed by atoms with E-state index in [1.54, 1.807) is 102 Å². The van der Waals surface area contributed by atoms with Gasteiger partial charge in [-0.05, 0) is 295 Å². The second-order valence-electron chi connectivity index (χ2n) is 37.3. The van der Waals surface area contributed by atoms with Crippen LogP contribution in [0.2, 0.25) is 0 Å². The van der Waals surface area contributed by atoms with Crippen molar-refractivity contribution in [3.05, 3.63) is 296 Å². The Morgan fingerprint density at radius 3 is 1.22 bits per heavy atom. The molecular formula is C108H111BrFN25O11S2. The van der Waals surface area contributed by atoms with Crippen LogP contribution < -0.4 is 42.5 Å². The number of amides is 8. The summed E-state index contributed by atoms with van der Waals surface area (Å²) in [6.45, 7) is 5.98. The number of nitrogens with zero attached hydrogens (tertiary/aromatic N) is 8. The molecule has 760 valence electrons. The molecule has 148 heavy (non-hydrogen) atoms. The number of furan rings is 1. The summed E-state index contributed by atoms with van der Waals surface area (Å²) in [5.41, 5.74) is 16.6. The number of aryl methyl sites for hydroxylation is 3. The third-order valence-electron chi connectivity index (χ3n) is 24.3. The molecule has 40 heteroatoms. The van der Waals surface area contributed by atoms with E-state index in [4.69, 9.17) is 4.42 Å². The van der Waals surface area contributed by atoms with Crippen molar-refractivity contribution in [2.24, 2.45) is 0 Å². The topological polar surface area (TPSA) is 532 Å². The van der Waals surface area contributed by atoms with Crippen LogP contribution in [0.4, 0.5) is 4.39 Å². The van der Waals surface area contributed by atoms with Crippen LogP contribution in [0.1, 0.15) is 223 Å². The van der Waals surface area contributed by atoms with Gasteiger partial charge in [-0.3, -0.25) is 79.1 Å². The van der Waals surface area contributed by atoms with Gasteiger partial charge in [0.25, 0.3) is 47.3 Å². The van der Waals surface area contributed by atoms with Gasteiger partial charge in [0, 0.05) is 92.2 Å². The Labute approximate surface area is 865 Å². The number of carbonyl (C=O) groups is 8. The summed E-state index contributed by atoms with van der Waals surface area (Å²) in [7, 11) is 0. The maximum absolute atomic E-state index is 13.0. The number of unbranched alkanes of at least 4 members (excludes halogenated alkanes) is 1. The minimum absolute atomic E-state index is 0.0715. The molecule has 12 aromatic heterocycles.